The number of hydrogen-bond acceptors (Lipinski definition) is 5. The Balaban J connectivity index is 1.13. The predicted octanol–water partition coefficient (Wildman–Crippen LogP) is 3.05. The lowest BCUT2D eigenvalue weighted by Gasteiger charge is -2.17. The molecule has 0 radical (unpaired) electrons. The van der Waals surface area contributed by atoms with Gasteiger partial charge in [-0.1, -0.05) is 48.5 Å². The molecule has 0 aliphatic heterocycles. The van der Waals surface area contributed by atoms with Crippen LogP contribution in [0.2, 0.25) is 0 Å². The van der Waals surface area contributed by atoms with Gasteiger partial charge in [0.2, 0.25) is 5.91 Å². The van der Waals surface area contributed by atoms with E-state index in [-0.39, 0.29) is 37.2 Å². The largest absolute Gasteiger partial charge is 0.477 e. The molecule has 0 saturated heterocycles. The van der Waals surface area contributed by atoms with Gasteiger partial charge < -0.3 is 20.5 Å². The van der Waals surface area contributed by atoms with Gasteiger partial charge in [-0.15, -0.1) is 0 Å². The number of aromatic nitrogens is 2. The van der Waals surface area contributed by atoms with Crippen molar-refractivity contribution in [3.8, 4) is 11.1 Å². The monoisotopic (exact) mass is 474 g/mol. The first kappa shape index (κ1) is 22.6. The van der Waals surface area contributed by atoms with Crippen molar-refractivity contribution in [1.82, 2.24) is 20.4 Å². The second-order valence-electron chi connectivity index (χ2n) is 9.09. The molecule has 180 valence electrons. The molecule has 2 aromatic carbocycles. The van der Waals surface area contributed by atoms with Crippen LogP contribution >= 0.6 is 0 Å². The quantitative estimate of drug-likeness (QED) is 0.461. The number of rotatable bonds is 8. The number of carboxylic acids is 1. The normalized spacial score (nSPS) is 15.1. The molecule has 2 aliphatic rings. The van der Waals surface area contributed by atoms with Gasteiger partial charge in [-0.25, -0.2) is 9.59 Å². The zero-order valence-electron chi connectivity index (χ0n) is 19.3. The van der Waals surface area contributed by atoms with Crippen molar-refractivity contribution in [2.24, 2.45) is 12.5 Å². The van der Waals surface area contributed by atoms with Crippen molar-refractivity contribution < 1.29 is 24.2 Å². The van der Waals surface area contributed by atoms with Crippen molar-refractivity contribution in [2.75, 3.05) is 13.2 Å². The Morgan fingerprint density at radius 3 is 2.26 bits per heavy atom. The van der Waals surface area contributed by atoms with Crippen LogP contribution in [0.4, 0.5) is 4.79 Å². The van der Waals surface area contributed by atoms with Crippen molar-refractivity contribution in [2.45, 2.75) is 25.3 Å². The molecule has 2 amide bonds. The van der Waals surface area contributed by atoms with E-state index in [0.29, 0.717) is 18.5 Å². The molecule has 0 spiro atoms. The van der Waals surface area contributed by atoms with Crippen LogP contribution in [0, 0.1) is 5.41 Å². The average Bonchev–Trinajstić information content (AvgIpc) is 3.46. The third-order valence-electron chi connectivity index (χ3n) is 6.83. The van der Waals surface area contributed by atoms with Crippen molar-refractivity contribution in [3.05, 3.63) is 77.1 Å². The molecule has 9 nitrogen and oxygen atoms in total. The molecular formula is C26H26N4O5. The lowest BCUT2D eigenvalue weighted by atomic mass is 9.98. The zero-order chi connectivity index (χ0) is 24.6. The lowest BCUT2D eigenvalue weighted by molar-refractivity contribution is -0.126. The van der Waals surface area contributed by atoms with E-state index in [2.05, 4.69) is 40.0 Å². The summed E-state index contributed by atoms with van der Waals surface area (Å²) < 4.78 is 6.82. The number of fused-ring (bicyclic) bond motifs is 3. The Bertz CT molecular complexity index is 1270. The summed E-state index contributed by atoms with van der Waals surface area (Å²) in [7, 11) is 1.54. The summed E-state index contributed by atoms with van der Waals surface area (Å²) in [6.45, 7) is 0.509. The van der Waals surface area contributed by atoms with Crippen LogP contribution in [0.5, 0.6) is 0 Å². The summed E-state index contributed by atoms with van der Waals surface area (Å²) >= 11 is 0. The highest BCUT2D eigenvalue weighted by atomic mass is 16.5. The fourth-order valence-electron chi connectivity index (χ4n) is 4.70. The fraction of sp³-hybridized carbons (Fsp3) is 0.308. The van der Waals surface area contributed by atoms with Crippen LogP contribution in [0.3, 0.4) is 0 Å². The third kappa shape index (κ3) is 4.37. The minimum Gasteiger partial charge on any atom is -0.477 e. The van der Waals surface area contributed by atoms with Gasteiger partial charge in [0.05, 0.1) is 17.7 Å². The molecular weight excluding hydrogens is 448 g/mol. The molecule has 9 heteroatoms. The third-order valence-corrected chi connectivity index (χ3v) is 6.83. The highest BCUT2D eigenvalue weighted by Crippen LogP contribution is 2.46. The van der Waals surface area contributed by atoms with E-state index < -0.39 is 17.5 Å². The van der Waals surface area contributed by atoms with Crippen LogP contribution in [0.1, 0.15) is 46.1 Å². The van der Waals surface area contributed by atoms with Gasteiger partial charge in [0, 0.05) is 19.5 Å². The molecule has 35 heavy (non-hydrogen) atoms. The maximum absolute atomic E-state index is 12.7. The topological polar surface area (TPSA) is 123 Å². The molecule has 3 N–H and O–H groups in total. The van der Waals surface area contributed by atoms with E-state index in [1.165, 1.54) is 17.8 Å². The number of ether oxygens (including phenoxy) is 1. The Labute approximate surface area is 202 Å². The van der Waals surface area contributed by atoms with Crippen LogP contribution in [-0.2, 0) is 23.1 Å². The summed E-state index contributed by atoms with van der Waals surface area (Å²) in [6.07, 6.45) is 0.762. The highest BCUT2D eigenvalue weighted by Gasteiger charge is 2.50. The summed E-state index contributed by atoms with van der Waals surface area (Å²) in [5.74, 6) is -1.30. The SMILES string of the molecule is Cn1nc(CNC(=O)C2(CNC(=O)OCC3c4ccccc4-c4ccccc43)CC2)cc1C(=O)O. The van der Waals surface area contributed by atoms with Crippen LogP contribution in [0.25, 0.3) is 11.1 Å². The Hall–Kier alpha value is -4.14. The van der Waals surface area contributed by atoms with Crippen molar-refractivity contribution in [3.63, 3.8) is 0 Å². The number of carbonyl (C=O) groups excluding carboxylic acids is 2. The number of hydrogen-bond donors (Lipinski definition) is 3. The minimum atomic E-state index is -1.08. The number of amides is 2. The number of nitrogens with one attached hydrogen (secondary N) is 2. The fourth-order valence-corrected chi connectivity index (χ4v) is 4.70. The van der Waals surface area contributed by atoms with Crippen LogP contribution < -0.4 is 10.6 Å². The summed E-state index contributed by atoms with van der Waals surface area (Å²) in [5.41, 5.74) is 4.44. The van der Waals surface area contributed by atoms with Gasteiger partial charge in [-0.2, -0.15) is 5.10 Å². The molecule has 1 saturated carbocycles. The van der Waals surface area contributed by atoms with E-state index in [1.54, 1.807) is 0 Å². The number of nitrogens with zero attached hydrogens (tertiary/aromatic N) is 2. The van der Waals surface area contributed by atoms with Gasteiger partial charge in [0.1, 0.15) is 12.3 Å². The average molecular weight is 475 g/mol. The minimum absolute atomic E-state index is 0.0274. The Morgan fingerprint density at radius 1 is 1.06 bits per heavy atom. The van der Waals surface area contributed by atoms with Gasteiger partial charge in [-0.3, -0.25) is 9.48 Å². The van der Waals surface area contributed by atoms with Crippen molar-refractivity contribution >= 4 is 18.0 Å². The van der Waals surface area contributed by atoms with Gasteiger partial charge in [0.15, 0.2) is 0 Å². The van der Waals surface area contributed by atoms with E-state index in [4.69, 9.17) is 9.84 Å². The zero-order valence-corrected chi connectivity index (χ0v) is 19.3. The van der Waals surface area contributed by atoms with Crippen LogP contribution in [-0.4, -0.2) is 46.0 Å². The summed E-state index contributed by atoms with van der Waals surface area (Å²) in [4.78, 5) is 36.3. The molecule has 0 unspecified atom stereocenters. The highest BCUT2D eigenvalue weighted by molar-refractivity contribution is 5.87. The Kier molecular flexibility index (Phi) is 5.76. The molecule has 1 heterocycles. The molecule has 2 aliphatic carbocycles. The second kappa shape index (κ2) is 8.90. The molecule has 1 aromatic heterocycles. The van der Waals surface area contributed by atoms with Gasteiger partial charge in [0.25, 0.3) is 0 Å². The van der Waals surface area contributed by atoms with E-state index in [9.17, 15) is 14.4 Å². The first-order chi connectivity index (χ1) is 16.9. The lowest BCUT2D eigenvalue weighted by Crippen LogP contribution is -2.40. The molecule has 3 aromatic rings. The van der Waals surface area contributed by atoms with Gasteiger partial charge in [-0.05, 0) is 41.2 Å². The number of benzene rings is 2. The van der Waals surface area contributed by atoms with Gasteiger partial charge >= 0.3 is 12.1 Å². The molecule has 0 atom stereocenters. The molecule has 1 fully saturated rings. The van der Waals surface area contributed by atoms with E-state index >= 15 is 0 Å². The van der Waals surface area contributed by atoms with Crippen molar-refractivity contribution in [1.29, 1.82) is 0 Å². The first-order valence-corrected chi connectivity index (χ1v) is 11.5. The number of carboxylic acid groups (broad SMARTS) is 1. The Morgan fingerprint density at radius 2 is 1.69 bits per heavy atom. The maximum atomic E-state index is 12.7. The second-order valence-corrected chi connectivity index (χ2v) is 9.09. The van der Waals surface area contributed by atoms with Crippen LogP contribution in [0.15, 0.2) is 54.6 Å². The smallest absolute Gasteiger partial charge is 0.407 e. The number of aromatic carboxylic acids is 1. The first-order valence-electron chi connectivity index (χ1n) is 11.5. The summed E-state index contributed by atoms with van der Waals surface area (Å²) in [5, 5.41) is 18.8. The molecule has 5 rings (SSSR count). The summed E-state index contributed by atoms with van der Waals surface area (Å²) in [6, 6.07) is 17.7. The molecule has 0 bridgehead atoms. The predicted molar refractivity (Wildman–Crippen MR) is 127 cm³/mol. The van der Waals surface area contributed by atoms with E-state index in [0.717, 1.165) is 22.3 Å². The maximum Gasteiger partial charge on any atom is 0.407 e. The number of alkyl carbamates (subject to hydrolysis) is 1. The van der Waals surface area contributed by atoms with E-state index in [1.807, 2.05) is 24.3 Å². The standard InChI is InChI=1S/C26H26N4O5/c1-30-22(23(31)32)12-16(29-30)13-27-24(33)26(10-11-26)15-28-25(34)35-14-21-19-8-4-2-6-17(19)18-7-3-5-9-20(18)21/h2-9,12,21H,10-11,13-15H2,1H3,(H,27,33)(H,28,34)(H,31,32). The number of carbonyl (C=O) groups is 3. The number of aryl methyl sites for hydroxylation is 1.